The fourth-order valence-electron chi connectivity index (χ4n) is 2.74. The average Bonchev–Trinajstić information content (AvgIpc) is 3.05. The third-order valence-electron chi connectivity index (χ3n) is 4.16. The summed E-state index contributed by atoms with van der Waals surface area (Å²) >= 11 is 1.48. The minimum atomic E-state index is -0.208. The van der Waals surface area contributed by atoms with E-state index in [2.05, 4.69) is 52.9 Å². The second-order valence-corrected chi connectivity index (χ2v) is 7.76. The molecule has 0 bridgehead atoms. The van der Waals surface area contributed by atoms with Gasteiger partial charge in [-0.05, 0) is 26.0 Å². The summed E-state index contributed by atoms with van der Waals surface area (Å²) in [5.74, 6) is 0.0782. The largest absolute Gasteiger partial charge is 0.348 e. The first-order valence-electron chi connectivity index (χ1n) is 8.55. The number of aryl methyl sites for hydroxylation is 1. The Hall–Kier alpha value is -2.53. The molecule has 1 amide bonds. The van der Waals surface area contributed by atoms with Gasteiger partial charge >= 0.3 is 0 Å². The molecule has 0 unspecified atom stereocenters. The van der Waals surface area contributed by atoms with Crippen molar-refractivity contribution in [2.45, 2.75) is 24.3 Å². The Kier molecular flexibility index (Phi) is 5.47. The molecular formula is C21H23N3OS. The molecule has 5 heteroatoms. The lowest BCUT2D eigenvalue weighted by Gasteiger charge is -2.17. The summed E-state index contributed by atoms with van der Waals surface area (Å²) in [5, 5.41) is 0.607. The molecule has 3 rings (SSSR count). The number of benzene rings is 2. The highest BCUT2D eigenvalue weighted by molar-refractivity contribution is 8.00. The number of hydrogen-bond donors (Lipinski definition) is 0. The molecule has 0 radical (unpaired) electrons. The summed E-state index contributed by atoms with van der Waals surface area (Å²) < 4.78 is 2.12. The van der Waals surface area contributed by atoms with Crippen LogP contribution in [0.1, 0.15) is 12.5 Å². The van der Waals surface area contributed by atoms with E-state index >= 15 is 0 Å². The van der Waals surface area contributed by atoms with E-state index in [1.807, 2.05) is 31.3 Å². The van der Waals surface area contributed by atoms with E-state index in [1.165, 1.54) is 17.3 Å². The lowest BCUT2D eigenvalue weighted by molar-refractivity contribution is -0.127. The molecule has 4 nitrogen and oxygen atoms in total. The zero-order valence-electron chi connectivity index (χ0n) is 15.5. The maximum Gasteiger partial charge on any atom is 0.235 e. The van der Waals surface area contributed by atoms with Crippen molar-refractivity contribution in [1.29, 1.82) is 0 Å². The van der Waals surface area contributed by atoms with Gasteiger partial charge in [0.05, 0.1) is 17.1 Å². The number of para-hydroxylation sites is 1. The molecule has 0 saturated carbocycles. The number of carbonyl (C=O) groups is 1. The van der Waals surface area contributed by atoms with Gasteiger partial charge in [0.15, 0.2) is 5.16 Å². The first-order chi connectivity index (χ1) is 12.5. The van der Waals surface area contributed by atoms with Crippen molar-refractivity contribution >= 4 is 17.7 Å². The van der Waals surface area contributed by atoms with Crippen LogP contribution in [-0.2, 0) is 4.79 Å². The van der Waals surface area contributed by atoms with Crippen LogP contribution in [0.5, 0.6) is 0 Å². The van der Waals surface area contributed by atoms with Crippen LogP contribution in [-0.4, -0.2) is 39.7 Å². The maximum absolute atomic E-state index is 12.3. The quantitative estimate of drug-likeness (QED) is 0.628. The van der Waals surface area contributed by atoms with E-state index in [0.29, 0.717) is 0 Å². The summed E-state index contributed by atoms with van der Waals surface area (Å²) in [6.07, 6.45) is 1.88. The van der Waals surface area contributed by atoms with Crippen LogP contribution in [0.3, 0.4) is 0 Å². The lowest BCUT2D eigenvalue weighted by Crippen LogP contribution is -2.29. The van der Waals surface area contributed by atoms with Gasteiger partial charge in [0.1, 0.15) is 0 Å². The number of imidazole rings is 1. The van der Waals surface area contributed by atoms with Crippen molar-refractivity contribution < 1.29 is 4.79 Å². The van der Waals surface area contributed by atoms with Crippen LogP contribution in [0.4, 0.5) is 0 Å². The van der Waals surface area contributed by atoms with E-state index in [4.69, 9.17) is 0 Å². The van der Waals surface area contributed by atoms with Gasteiger partial charge in [-0.3, -0.25) is 9.36 Å². The van der Waals surface area contributed by atoms with Crippen LogP contribution in [0.15, 0.2) is 66.0 Å². The van der Waals surface area contributed by atoms with Gasteiger partial charge in [-0.1, -0.05) is 59.8 Å². The Bertz CT molecular complexity index is 885. The molecule has 2 aromatic carbocycles. The summed E-state index contributed by atoms with van der Waals surface area (Å²) in [4.78, 5) is 18.5. The molecule has 1 aromatic heterocycles. The van der Waals surface area contributed by atoms with E-state index in [-0.39, 0.29) is 11.2 Å². The van der Waals surface area contributed by atoms with Gasteiger partial charge < -0.3 is 4.90 Å². The maximum atomic E-state index is 12.3. The highest BCUT2D eigenvalue weighted by atomic mass is 32.2. The SMILES string of the molecule is Cc1ccc(-c2cnc(S[C@@H](C)C(=O)N(C)C)n2-c2ccccc2)cc1. The van der Waals surface area contributed by atoms with E-state index < -0.39 is 0 Å². The van der Waals surface area contributed by atoms with Gasteiger partial charge in [0, 0.05) is 25.3 Å². The summed E-state index contributed by atoms with van der Waals surface area (Å²) in [5.41, 5.74) is 4.38. The molecule has 0 aliphatic carbocycles. The summed E-state index contributed by atoms with van der Waals surface area (Å²) in [7, 11) is 3.56. The standard InChI is InChI=1S/C21H23N3OS/c1-15-10-12-17(13-11-15)19-14-22-21(26-16(2)20(25)23(3)4)24(19)18-8-6-5-7-9-18/h5-14,16H,1-4H3/t16-/m0/s1. The number of nitrogens with zero attached hydrogens (tertiary/aromatic N) is 3. The second kappa shape index (κ2) is 7.79. The molecule has 1 heterocycles. The molecule has 0 fully saturated rings. The van der Waals surface area contributed by atoms with Crippen molar-refractivity contribution in [2.75, 3.05) is 14.1 Å². The second-order valence-electron chi connectivity index (χ2n) is 6.46. The number of amides is 1. The highest BCUT2D eigenvalue weighted by Crippen LogP contribution is 2.32. The van der Waals surface area contributed by atoms with Crippen molar-refractivity contribution in [3.63, 3.8) is 0 Å². The zero-order chi connectivity index (χ0) is 18.7. The molecule has 0 spiro atoms. The summed E-state index contributed by atoms with van der Waals surface area (Å²) in [6.45, 7) is 4.00. The number of rotatable bonds is 5. The van der Waals surface area contributed by atoms with Gasteiger partial charge in [0.25, 0.3) is 0 Å². The topological polar surface area (TPSA) is 38.1 Å². The molecule has 26 heavy (non-hydrogen) atoms. The predicted molar refractivity (Wildman–Crippen MR) is 108 cm³/mol. The minimum absolute atomic E-state index is 0.0782. The van der Waals surface area contributed by atoms with Crippen molar-refractivity contribution in [2.24, 2.45) is 0 Å². The van der Waals surface area contributed by atoms with Gasteiger partial charge in [-0.25, -0.2) is 4.98 Å². The molecule has 134 valence electrons. The first kappa shape index (κ1) is 18.3. The predicted octanol–water partition coefficient (Wildman–Crippen LogP) is 4.42. The normalized spacial score (nSPS) is 12.0. The van der Waals surface area contributed by atoms with Crippen LogP contribution in [0.2, 0.25) is 0 Å². The number of carbonyl (C=O) groups excluding carboxylic acids is 1. The highest BCUT2D eigenvalue weighted by Gasteiger charge is 2.21. The van der Waals surface area contributed by atoms with Crippen molar-refractivity contribution in [3.05, 3.63) is 66.4 Å². The first-order valence-corrected chi connectivity index (χ1v) is 9.43. The zero-order valence-corrected chi connectivity index (χ0v) is 16.3. The number of aromatic nitrogens is 2. The van der Waals surface area contributed by atoms with E-state index in [0.717, 1.165) is 22.1 Å². The van der Waals surface area contributed by atoms with Crippen molar-refractivity contribution in [1.82, 2.24) is 14.5 Å². The van der Waals surface area contributed by atoms with Crippen LogP contribution < -0.4 is 0 Å². The molecule has 1 atom stereocenters. The fraction of sp³-hybridized carbons (Fsp3) is 0.238. The third kappa shape index (κ3) is 3.83. The molecule has 3 aromatic rings. The third-order valence-corrected chi connectivity index (χ3v) is 5.22. The van der Waals surface area contributed by atoms with Gasteiger partial charge in [-0.15, -0.1) is 0 Å². The smallest absolute Gasteiger partial charge is 0.235 e. The van der Waals surface area contributed by atoms with Crippen LogP contribution >= 0.6 is 11.8 Å². The Morgan fingerprint density at radius 3 is 2.35 bits per heavy atom. The minimum Gasteiger partial charge on any atom is -0.348 e. The van der Waals surface area contributed by atoms with Gasteiger partial charge in [-0.2, -0.15) is 0 Å². The number of thioether (sulfide) groups is 1. The molecular weight excluding hydrogens is 342 g/mol. The lowest BCUT2D eigenvalue weighted by atomic mass is 10.1. The Morgan fingerprint density at radius 2 is 1.73 bits per heavy atom. The van der Waals surface area contributed by atoms with Crippen LogP contribution in [0.25, 0.3) is 16.9 Å². The number of hydrogen-bond acceptors (Lipinski definition) is 3. The molecule has 0 N–H and O–H groups in total. The average molecular weight is 366 g/mol. The van der Waals surface area contributed by atoms with Gasteiger partial charge in [0.2, 0.25) is 5.91 Å². The summed E-state index contributed by atoms with van der Waals surface area (Å²) in [6, 6.07) is 18.5. The Morgan fingerprint density at radius 1 is 1.08 bits per heavy atom. The fourth-order valence-corrected chi connectivity index (χ4v) is 3.80. The Labute approximate surface area is 158 Å². The molecule has 0 aliphatic rings. The van der Waals surface area contributed by atoms with Crippen molar-refractivity contribution in [3.8, 4) is 16.9 Å². The molecule has 0 aliphatic heterocycles. The Balaban J connectivity index is 2.05. The monoisotopic (exact) mass is 365 g/mol. The van der Waals surface area contributed by atoms with E-state index in [9.17, 15) is 4.79 Å². The van der Waals surface area contributed by atoms with E-state index in [1.54, 1.807) is 19.0 Å². The molecule has 0 saturated heterocycles. The van der Waals surface area contributed by atoms with Crippen LogP contribution in [0, 0.1) is 6.92 Å².